The van der Waals surface area contributed by atoms with Crippen LogP contribution in [0.25, 0.3) is 16.8 Å². The Labute approximate surface area is 168 Å². The van der Waals surface area contributed by atoms with E-state index in [-0.39, 0.29) is 22.9 Å². The minimum atomic E-state index is -0.616. The molecule has 146 valence electrons. The number of aromatic nitrogens is 1. The third kappa shape index (κ3) is 3.69. The summed E-state index contributed by atoms with van der Waals surface area (Å²) in [5.41, 5.74) is 9.52. The molecule has 1 heterocycles. The molecule has 7 nitrogen and oxygen atoms in total. The summed E-state index contributed by atoms with van der Waals surface area (Å²) in [6.45, 7) is 0. The average Bonchev–Trinajstić information content (AvgIpc) is 3.09. The molecule has 3 rings (SSSR count). The maximum absolute atomic E-state index is 12.1. The minimum Gasteiger partial charge on any atom is -0.464 e. The summed E-state index contributed by atoms with van der Waals surface area (Å²) in [7, 11) is 4.69. The first-order valence-corrected chi connectivity index (χ1v) is 8.79. The quantitative estimate of drug-likeness (QED) is 0.692. The molecule has 0 atom stereocenters. The topological polar surface area (TPSA) is 101 Å². The van der Waals surface area contributed by atoms with E-state index in [1.807, 2.05) is 42.5 Å². The molecule has 0 fully saturated rings. The van der Waals surface area contributed by atoms with E-state index in [0.717, 1.165) is 11.1 Å². The monoisotopic (exact) mass is 388 g/mol. The zero-order chi connectivity index (χ0) is 21.1. The highest BCUT2D eigenvalue weighted by Crippen LogP contribution is 2.27. The SMILES string of the molecule is COC(=O)c1c(N)c(C#N)cn1-c1ccc(-c2ccc(C(=O)N(C)C)cc2)cc1. The second-order valence-electron chi connectivity index (χ2n) is 6.60. The molecule has 0 aliphatic rings. The van der Waals surface area contributed by atoms with Crippen molar-refractivity contribution in [1.29, 1.82) is 5.26 Å². The van der Waals surface area contributed by atoms with Crippen LogP contribution in [0.15, 0.2) is 54.7 Å². The number of methoxy groups -OCH3 is 1. The maximum atomic E-state index is 12.1. The summed E-state index contributed by atoms with van der Waals surface area (Å²) in [5.74, 6) is -0.671. The molecule has 29 heavy (non-hydrogen) atoms. The number of ether oxygens (including phenoxy) is 1. The lowest BCUT2D eigenvalue weighted by Crippen LogP contribution is -2.21. The van der Waals surface area contributed by atoms with Gasteiger partial charge < -0.3 is 19.9 Å². The number of carbonyl (C=O) groups excluding carboxylic acids is 2. The molecule has 3 aromatic rings. The van der Waals surface area contributed by atoms with Gasteiger partial charge in [-0.1, -0.05) is 24.3 Å². The molecule has 1 amide bonds. The number of anilines is 1. The summed E-state index contributed by atoms with van der Waals surface area (Å²) in [5, 5.41) is 9.22. The number of nitrogen functional groups attached to an aromatic ring is 1. The second kappa shape index (κ2) is 7.90. The number of carbonyl (C=O) groups is 2. The Bertz CT molecular complexity index is 1100. The molecule has 0 saturated heterocycles. The standard InChI is InChI=1S/C22H20N4O3/c1-25(2)21(27)16-6-4-14(5-7-16)15-8-10-18(11-9-15)26-13-17(12-23)19(24)20(26)22(28)29-3/h4-11,13H,24H2,1-3H3. The highest BCUT2D eigenvalue weighted by atomic mass is 16.5. The number of nitriles is 1. The van der Waals surface area contributed by atoms with Crippen LogP contribution in [0.3, 0.4) is 0 Å². The number of amides is 1. The molecular weight excluding hydrogens is 368 g/mol. The van der Waals surface area contributed by atoms with Crippen LogP contribution in [0.4, 0.5) is 5.69 Å². The summed E-state index contributed by atoms with van der Waals surface area (Å²) in [6, 6.07) is 16.7. The minimum absolute atomic E-state index is 0.0549. The number of nitrogens with two attached hydrogens (primary N) is 1. The Morgan fingerprint density at radius 3 is 2.07 bits per heavy atom. The molecule has 2 N–H and O–H groups in total. The Balaban J connectivity index is 1.95. The molecule has 2 aromatic carbocycles. The van der Waals surface area contributed by atoms with Crippen molar-refractivity contribution in [1.82, 2.24) is 9.47 Å². The van der Waals surface area contributed by atoms with Crippen LogP contribution in [-0.4, -0.2) is 42.5 Å². The van der Waals surface area contributed by atoms with Gasteiger partial charge in [-0.05, 0) is 35.4 Å². The molecule has 7 heteroatoms. The average molecular weight is 388 g/mol. The van der Waals surface area contributed by atoms with Crippen molar-refractivity contribution in [2.45, 2.75) is 0 Å². The van der Waals surface area contributed by atoms with E-state index in [0.29, 0.717) is 11.3 Å². The Morgan fingerprint density at radius 2 is 1.59 bits per heavy atom. The third-order valence-electron chi connectivity index (χ3n) is 4.56. The van der Waals surface area contributed by atoms with Crippen molar-refractivity contribution in [3.8, 4) is 22.9 Å². The third-order valence-corrected chi connectivity index (χ3v) is 4.56. The van der Waals surface area contributed by atoms with Gasteiger partial charge >= 0.3 is 5.97 Å². The van der Waals surface area contributed by atoms with Gasteiger partial charge in [0.25, 0.3) is 5.91 Å². The van der Waals surface area contributed by atoms with E-state index < -0.39 is 5.97 Å². The fourth-order valence-electron chi connectivity index (χ4n) is 3.00. The molecule has 0 bridgehead atoms. The van der Waals surface area contributed by atoms with E-state index in [9.17, 15) is 14.9 Å². The molecule has 0 unspecified atom stereocenters. The van der Waals surface area contributed by atoms with Crippen LogP contribution in [0.1, 0.15) is 26.4 Å². The molecular formula is C22H20N4O3. The zero-order valence-electron chi connectivity index (χ0n) is 16.3. The highest BCUT2D eigenvalue weighted by Gasteiger charge is 2.21. The van der Waals surface area contributed by atoms with Gasteiger partial charge in [-0.25, -0.2) is 4.79 Å². The Kier molecular flexibility index (Phi) is 5.37. The smallest absolute Gasteiger partial charge is 0.357 e. The highest BCUT2D eigenvalue weighted by molar-refractivity contribution is 5.96. The lowest BCUT2D eigenvalue weighted by atomic mass is 10.0. The van der Waals surface area contributed by atoms with Gasteiger partial charge in [0.2, 0.25) is 0 Å². The van der Waals surface area contributed by atoms with E-state index in [4.69, 9.17) is 10.5 Å². The first kappa shape index (κ1) is 19.7. The van der Waals surface area contributed by atoms with Crippen LogP contribution >= 0.6 is 0 Å². The zero-order valence-corrected chi connectivity index (χ0v) is 16.3. The first-order chi connectivity index (χ1) is 13.9. The van der Waals surface area contributed by atoms with Crippen molar-refractivity contribution in [3.05, 3.63) is 71.5 Å². The molecule has 0 saturated carbocycles. The van der Waals surface area contributed by atoms with Gasteiger partial charge in [-0.2, -0.15) is 5.26 Å². The van der Waals surface area contributed by atoms with Crippen LogP contribution in [0, 0.1) is 11.3 Å². The van der Waals surface area contributed by atoms with E-state index in [2.05, 4.69) is 0 Å². The first-order valence-electron chi connectivity index (χ1n) is 8.79. The number of esters is 1. The largest absolute Gasteiger partial charge is 0.464 e. The van der Waals surface area contributed by atoms with E-state index >= 15 is 0 Å². The maximum Gasteiger partial charge on any atom is 0.357 e. The van der Waals surface area contributed by atoms with Gasteiger partial charge in [-0.15, -0.1) is 0 Å². The summed E-state index contributed by atoms with van der Waals surface area (Å²) in [6.07, 6.45) is 1.51. The molecule has 0 aliphatic carbocycles. The molecule has 1 aromatic heterocycles. The molecule has 0 radical (unpaired) electrons. The molecule has 0 spiro atoms. The predicted molar refractivity (Wildman–Crippen MR) is 110 cm³/mol. The number of rotatable bonds is 4. The summed E-state index contributed by atoms with van der Waals surface area (Å²) in [4.78, 5) is 25.7. The van der Waals surface area contributed by atoms with E-state index in [1.54, 1.807) is 30.8 Å². The van der Waals surface area contributed by atoms with Crippen molar-refractivity contribution >= 4 is 17.6 Å². The normalized spacial score (nSPS) is 10.3. The number of hydrogen-bond acceptors (Lipinski definition) is 5. The van der Waals surface area contributed by atoms with Gasteiger partial charge in [-0.3, -0.25) is 4.79 Å². The van der Waals surface area contributed by atoms with Gasteiger partial charge in [0, 0.05) is 31.5 Å². The lowest BCUT2D eigenvalue weighted by Gasteiger charge is -2.11. The van der Waals surface area contributed by atoms with E-state index in [1.165, 1.54) is 18.2 Å². The summed E-state index contributed by atoms with van der Waals surface area (Å²) < 4.78 is 6.34. The fraction of sp³-hybridized carbons (Fsp3) is 0.136. The lowest BCUT2D eigenvalue weighted by molar-refractivity contribution is 0.0592. The predicted octanol–water partition coefficient (Wildman–Crippen LogP) is 3.09. The van der Waals surface area contributed by atoms with Crippen LogP contribution < -0.4 is 5.73 Å². The van der Waals surface area contributed by atoms with Crippen LogP contribution in [0.2, 0.25) is 0 Å². The Hall–Kier alpha value is -4.05. The van der Waals surface area contributed by atoms with Gasteiger partial charge in [0.05, 0.1) is 18.4 Å². The summed E-state index contributed by atoms with van der Waals surface area (Å²) >= 11 is 0. The second-order valence-corrected chi connectivity index (χ2v) is 6.60. The van der Waals surface area contributed by atoms with Crippen molar-refractivity contribution in [2.75, 3.05) is 26.9 Å². The van der Waals surface area contributed by atoms with Crippen molar-refractivity contribution in [3.63, 3.8) is 0 Å². The van der Waals surface area contributed by atoms with Crippen LogP contribution in [0.5, 0.6) is 0 Å². The fourth-order valence-corrected chi connectivity index (χ4v) is 3.00. The number of hydrogen-bond donors (Lipinski definition) is 1. The number of nitrogens with zero attached hydrogens (tertiary/aromatic N) is 3. The van der Waals surface area contributed by atoms with Crippen molar-refractivity contribution in [2.24, 2.45) is 0 Å². The Morgan fingerprint density at radius 1 is 1.03 bits per heavy atom. The number of benzene rings is 2. The van der Waals surface area contributed by atoms with Gasteiger partial charge in [0.15, 0.2) is 5.69 Å². The van der Waals surface area contributed by atoms with Crippen molar-refractivity contribution < 1.29 is 14.3 Å². The van der Waals surface area contributed by atoms with Crippen LogP contribution in [-0.2, 0) is 4.74 Å². The van der Waals surface area contributed by atoms with Gasteiger partial charge in [0.1, 0.15) is 6.07 Å². The molecule has 0 aliphatic heterocycles.